The van der Waals surface area contributed by atoms with Crippen molar-refractivity contribution >= 4 is 5.91 Å². The molecule has 0 aromatic heterocycles. The molecule has 0 aliphatic heterocycles. The Labute approximate surface area is 61.1 Å². The minimum absolute atomic E-state index is 0.206. The molecule has 1 unspecified atom stereocenters. The number of hydrogen-bond donors (Lipinski definition) is 2. The van der Waals surface area contributed by atoms with Crippen molar-refractivity contribution in [2.45, 2.75) is 26.3 Å². The van der Waals surface area contributed by atoms with Crippen LogP contribution >= 0.6 is 0 Å². The smallest absolute Gasteiger partial charge is 0.219 e. The van der Waals surface area contributed by atoms with Gasteiger partial charge in [0.25, 0.3) is 0 Å². The standard InChI is InChI=1S/C7H14N2O/c1-3-5(2)6(8)4-7(9)10/h3,6H,4,8H2,1-2H3,(H2,9,10)/b5-3+. The molecule has 0 radical (unpaired) electrons. The molecule has 0 saturated heterocycles. The van der Waals surface area contributed by atoms with Crippen LogP contribution in [0.25, 0.3) is 0 Å². The van der Waals surface area contributed by atoms with Gasteiger partial charge < -0.3 is 11.5 Å². The summed E-state index contributed by atoms with van der Waals surface area (Å²) in [5.41, 5.74) is 11.5. The number of carbonyl (C=O) groups excluding carboxylic acids is 1. The second-order valence-electron chi connectivity index (χ2n) is 2.31. The van der Waals surface area contributed by atoms with Crippen molar-refractivity contribution in [3.8, 4) is 0 Å². The molecule has 0 aliphatic carbocycles. The van der Waals surface area contributed by atoms with Gasteiger partial charge in [0.05, 0.1) is 0 Å². The monoisotopic (exact) mass is 142 g/mol. The van der Waals surface area contributed by atoms with E-state index in [1.807, 2.05) is 19.9 Å². The van der Waals surface area contributed by atoms with Crippen molar-refractivity contribution in [1.29, 1.82) is 0 Å². The van der Waals surface area contributed by atoms with Gasteiger partial charge in [-0.25, -0.2) is 0 Å². The van der Waals surface area contributed by atoms with Crippen LogP contribution in [0.15, 0.2) is 11.6 Å². The average Bonchev–Trinajstić information content (AvgIpc) is 1.85. The van der Waals surface area contributed by atoms with Crippen LogP contribution in [0.4, 0.5) is 0 Å². The summed E-state index contributed by atoms with van der Waals surface area (Å²) in [5.74, 6) is -0.353. The van der Waals surface area contributed by atoms with Gasteiger partial charge in [-0.2, -0.15) is 0 Å². The van der Waals surface area contributed by atoms with Gasteiger partial charge >= 0.3 is 0 Å². The van der Waals surface area contributed by atoms with E-state index < -0.39 is 0 Å². The highest BCUT2D eigenvalue weighted by Gasteiger charge is 2.06. The maximum absolute atomic E-state index is 10.3. The molecule has 1 atom stereocenters. The molecule has 0 saturated carbocycles. The summed E-state index contributed by atoms with van der Waals surface area (Å²) >= 11 is 0. The third-order valence-electron chi connectivity index (χ3n) is 1.46. The number of allylic oxidation sites excluding steroid dienone is 1. The lowest BCUT2D eigenvalue weighted by molar-refractivity contribution is -0.118. The highest BCUT2D eigenvalue weighted by atomic mass is 16.1. The Morgan fingerprint density at radius 1 is 1.70 bits per heavy atom. The van der Waals surface area contributed by atoms with Gasteiger partial charge in [0, 0.05) is 12.5 Å². The van der Waals surface area contributed by atoms with E-state index in [9.17, 15) is 4.79 Å². The molecule has 0 bridgehead atoms. The molecule has 0 aromatic carbocycles. The van der Waals surface area contributed by atoms with Crippen LogP contribution in [0.1, 0.15) is 20.3 Å². The van der Waals surface area contributed by atoms with Crippen LogP contribution < -0.4 is 11.5 Å². The molecule has 3 nitrogen and oxygen atoms in total. The molecule has 0 spiro atoms. The van der Waals surface area contributed by atoms with Gasteiger partial charge in [0.2, 0.25) is 5.91 Å². The third kappa shape index (κ3) is 3.25. The summed E-state index contributed by atoms with van der Waals surface area (Å²) in [6, 6.07) is -0.206. The van der Waals surface area contributed by atoms with Crippen molar-refractivity contribution in [3.63, 3.8) is 0 Å². The molecule has 0 aliphatic rings. The fourth-order valence-electron chi connectivity index (χ4n) is 0.592. The Hall–Kier alpha value is -0.830. The Morgan fingerprint density at radius 3 is 2.50 bits per heavy atom. The minimum Gasteiger partial charge on any atom is -0.370 e. The first-order valence-electron chi connectivity index (χ1n) is 3.24. The lowest BCUT2D eigenvalue weighted by atomic mass is 10.1. The van der Waals surface area contributed by atoms with Crippen LogP contribution in [-0.2, 0) is 4.79 Å². The number of carbonyl (C=O) groups is 1. The van der Waals surface area contributed by atoms with Crippen LogP contribution in [0.5, 0.6) is 0 Å². The first-order chi connectivity index (χ1) is 4.57. The molecule has 3 heteroatoms. The third-order valence-corrected chi connectivity index (χ3v) is 1.46. The van der Waals surface area contributed by atoms with Crippen molar-refractivity contribution in [3.05, 3.63) is 11.6 Å². The fraction of sp³-hybridized carbons (Fsp3) is 0.571. The maximum Gasteiger partial charge on any atom is 0.219 e. The molecule has 0 fully saturated rings. The number of rotatable bonds is 3. The lowest BCUT2D eigenvalue weighted by Gasteiger charge is -2.08. The molecular formula is C7H14N2O. The number of hydrogen-bond acceptors (Lipinski definition) is 2. The molecule has 1 amide bonds. The summed E-state index contributed by atoms with van der Waals surface area (Å²) < 4.78 is 0. The quantitative estimate of drug-likeness (QED) is 0.551. The van der Waals surface area contributed by atoms with E-state index in [0.29, 0.717) is 0 Å². The number of amides is 1. The predicted octanol–water partition coefficient (Wildman–Crippen LogP) is 0.155. The highest BCUT2D eigenvalue weighted by Crippen LogP contribution is 2.00. The zero-order valence-electron chi connectivity index (χ0n) is 6.42. The zero-order valence-corrected chi connectivity index (χ0v) is 6.42. The molecule has 10 heavy (non-hydrogen) atoms. The molecule has 0 aromatic rings. The van der Waals surface area contributed by atoms with Crippen molar-refractivity contribution < 1.29 is 4.79 Å². The second-order valence-corrected chi connectivity index (χ2v) is 2.31. The van der Waals surface area contributed by atoms with Crippen LogP contribution in [0.3, 0.4) is 0 Å². The van der Waals surface area contributed by atoms with E-state index in [4.69, 9.17) is 11.5 Å². The zero-order chi connectivity index (χ0) is 8.15. The van der Waals surface area contributed by atoms with Crippen LogP contribution in [0, 0.1) is 0 Å². The summed E-state index contributed by atoms with van der Waals surface area (Å²) in [5, 5.41) is 0. The van der Waals surface area contributed by atoms with Gasteiger partial charge in [0.15, 0.2) is 0 Å². The summed E-state index contributed by atoms with van der Waals surface area (Å²) in [6.07, 6.45) is 2.11. The molecular weight excluding hydrogens is 128 g/mol. The summed E-state index contributed by atoms with van der Waals surface area (Å²) in [6.45, 7) is 3.77. The average molecular weight is 142 g/mol. The first kappa shape index (κ1) is 9.17. The first-order valence-corrected chi connectivity index (χ1v) is 3.24. The summed E-state index contributed by atoms with van der Waals surface area (Å²) in [4.78, 5) is 10.3. The van der Waals surface area contributed by atoms with Gasteiger partial charge in [-0.3, -0.25) is 4.79 Å². The lowest BCUT2D eigenvalue weighted by Crippen LogP contribution is -2.28. The Balaban J connectivity index is 3.85. The number of nitrogens with two attached hydrogens (primary N) is 2. The van der Waals surface area contributed by atoms with E-state index in [0.717, 1.165) is 5.57 Å². The van der Waals surface area contributed by atoms with Gasteiger partial charge in [-0.05, 0) is 13.8 Å². The van der Waals surface area contributed by atoms with E-state index in [1.165, 1.54) is 0 Å². The molecule has 0 rings (SSSR count). The molecule has 58 valence electrons. The second kappa shape index (κ2) is 4.06. The Morgan fingerprint density at radius 2 is 2.20 bits per heavy atom. The van der Waals surface area contributed by atoms with Crippen molar-refractivity contribution in [1.82, 2.24) is 0 Å². The van der Waals surface area contributed by atoms with E-state index in [1.54, 1.807) is 0 Å². The highest BCUT2D eigenvalue weighted by molar-refractivity contribution is 5.74. The fourth-order valence-corrected chi connectivity index (χ4v) is 0.592. The van der Waals surface area contributed by atoms with Crippen LogP contribution in [0.2, 0.25) is 0 Å². The predicted molar refractivity (Wildman–Crippen MR) is 41.2 cm³/mol. The Kier molecular flexibility index (Phi) is 3.72. The normalized spacial score (nSPS) is 14.9. The topological polar surface area (TPSA) is 69.1 Å². The maximum atomic E-state index is 10.3. The van der Waals surface area contributed by atoms with Crippen molar-refractivity contribution in [2.24, 2.45) is 11.5 Å². The Bertz CT molecular complexity index is 152. The van der Waals surface area contributed by atoms with Gasteiger partial charge in [0.1, 0.15) is 0 Å². The van der Waals surface area contributed by atoms with Gasteiger partial charge in [-0.15, -0.1) is 0 Å². The SMILES string of the molecule is C/C=C(\C)C(N)CC(N)=O. The summed E-state index contributed by atoms with van der Waals surface area (Å²) in [7, 11) is 0. The number of primary amides is 1. The van der Waals surface area contributed by atoms with E-state index >= 15 is 0 Å². The minimum atomic E-state index is -0.353. The molecule has 4 N–H and O–H groups in total. The van der Waals surface area contributed by atoms with Crippen molar-refractivity contribution in [2.75, 3.05) is 0 Å². The van der Waals surface area contributed by atoms with E-state index in [2.05, 4.69) is 0 Å². The largest absolute Gasteiger partial charge is 0.370 e. The molecule has 0 heterocycles. The van der Waals surface area contributed by atoms with Gasteiger partial charge in [-0.1, -0.05) is 11.6 Å². The van der Waals surface area contributed by atoms with Crippen LogP contribution in [-0.4, -0.2) is 11.9 Å². The van der Waals surface area contributed by atoms with E-state index in [-0.39, 0.29) is 18.4 Å².